The molecule has 37 heavy (non-hydrogen) atoms. The van der Waals surface area contributed by atoms with Gasteiger partial charge in [-0.05, 0) is 49.1 Å². The molecule has 1 aromatic heterocycles. The first kappa shape index (κ1) is 23.9. The first-order valence-corrected chi connectivity index (χ1v) is 13.5. The summed E-state index contributed by atoms with van der Waals surface area (Å²) in [6.45, 7) is 1.92. The molecule has 7 heteroatoms. The molecule has 0 bridgehead atoms. The molecule has 7 nitrogen and oxygen atoms in total. The molecule has 1 saturated heterocycles. The van der Waals surface area contributed by atoms with E-state index in [1.807, 2.05) is 17.0 Å². The number of likely N-dealkylation sites (tertiary alicyclic amines) is 1. The fourth-order valence-corrected chi connectivity index (χ4v) is 6.82. The minimum Gasteiger partial charge on any atom is -0.355 e. The summed E-state index contributed by atoms with van der Waals surface area (Å²) in [5.41, 5.74) is 1.52. The van der Waals surface area contributed by atoms with Crippen molar-refractivity contribution in [3.8, 4) is 0 Å². The maximum Gasteiger partial charge on any atom is 0.274 e. The highest BCUT2D eigenvalue weighted by molar-refractivity contribution is 6.04. The number of hydrogen-bond donors (Lipinski definition) is 1. The molecule has 3 fully saturated rings. The normalized spacial score (nSPS) is 21.8. The van der Waals surface area contributed by atoms with Gasteiger partial charge in [-0.3, -0.25) is 14.4 Å². The predicted octanol–water partition coefficient (Wildman–Crippen LogP) is 3.80. The number of benzene rings is 2. The van der Waals surface area contributed by atoms with Crippen molar-refractivity contribution in [1.29, 1.82) is 0 Å². The van der Waals surface area contributed by atoms with E-state index in [2.05, 4.69) is 34.7 Å². The van der Waals surface area contributed by atoms with Gasteiger partial charge in [0.05, 0.1) is 5.39 Å². The van der Waals surface area contributed by atoms with Crippen molar-refractivity contribution in [2.24, 2.45) is 18.4 Å². The van der Waals surface area contributed by atoms with Gasteiger partial charge < -0.3 is 10.2 Å². The van der Waals surface area contributed by atoms with Crippen LogP contribution in [0.2, 0.25) is 0 Å². The number of piperidine rings is 1. The fraction of sp³-hybridized carbons (Fsp3) is 0.467. The van der Waals surface area contributed by atoms with E-state index in [0.717, 1.165) is 32.1 Å². The smallest absolute Gasteiger partial charge is 0.274 e. The van der Waals surface area contributed by atoms with Gasteiger partial charge >= 0.3 is 0 Å². The van der Waals surface area contributed by atoms with Crippen LogP contribution < -0.4 is 10.9 Å². The van der Waals surface area contributed by atoms with Gasteiger partial charge in [0.2, 0.25) is 5.91 Å². The lowest BCUT2D eigenvalue weighted by Crippen LogP contribution is -2.43. The molecule has 3 aliphatic rings. The van der Waals surface area contributed by atoms with Crippen LogP contribution in [-0.4, -0.2) is 46.1 Å². The topological polar surface area (TPSA) is 84.3 Å². The molecule has 1 atom stereocenters. The monoisotopic (exact) mass is 498 g/mol. The third kappa shape index (κ3) is 4.14. The number of amides is 2. The summed E-state index contributed by atoms with van der Waals surface area (Å²) in [6.07, 6.45) is 7.22. The quantitative estimate of drug-likeness (QED) is 0.580. The molecule has 1 aliphatic heterocycles. The number of carbonyl (C=O) groups is 2. The Morgan fingerprint density at radius 3 is 2.30 bits per heavy atom. The molecule has 6 rings (SSSR count). The van der Waals surface area contributed by atoms with Gasteiger partial charge in [0.1, 0.15) is 0 Å². The van der Waals surface area contributed by atoms with Crippen molar-refractivity contribution < 1.29 is 9.59 Å². The zero-order valence-corrected chi connectivity index (χ0v) is 21.4. The Morgan fingerprint density at radius 1 is 0.946 bits per heavy atom. The van der Waals surface area contributed by atoms with Crippen LogP contribution in [0.5, 0.6) is 0 Å². The molecule has 3 aromatic rings. The van der Waals surface area contributed by atoms with Crippen molar-refractivity contribution in [3.63, 3.8) is 0 Å². The summed E-state index contributed by atoms with van der Waals surface area (Å²) in [5.74, 6) is 0.0671. The second-order valence-electron chi connectivity index (χ2n) is 11.3. The number of hydrogen-bond acceptors (Lipinski definition) is 4. The van der Waals surface area contributed by atoms with E-state index in [4.69, 9.17) is 0 Å². The summed E-state index contributed by atoms with van der Waals surface area (Å²) in [7, 11) is 1.58. The Morgan fingerprint density at radius 2 is 1.59 bits per heavy atom. The number of nitrogens with zero attached hydrogens (tertiary/aromatic N) is 3. The molecular weight excluding hydrogens is 464 g/mol. The molecule has 2 saturated carbocycles. The minimum atomic E-state index is -0.205. The molecule has 1 spiro atoms. The Balaban J connectivity index is 1.10. The summed E-state index contributed by atoms with van der Waals surface area (Å²) < 4.78 is 1.24. The van der Waals surface area contributed by atoms with Gasteiger partial charge in [-0.15, -0.1) is 0 Å². The van der Waals surface area contributed by atoms with Gasteiger partial charge in [0.15, 0.2) is 5.69 Å². The summed E-state index contributed by atoms with van der Waals surface area (Å²) in [5, 5.41) is 8.74. The molecule has 192 valence electrons. The van der Waals surface area contributed by atoms with Crippen LogP contribution in [0.3, 0.4) is 0 Å². The van der Waals surface area contributed by atoms with Gasteiger partial charge in [-0.1, -0.05) is 61.4 Å². The Labute approximate surface area is 216 Å². The Hall–Kier alpha value is -3.48. The number of fused-ring (bicyclic) bond motifs is 1. The van der Waals surface area contributed by atoms with E-state index < -0.39 is 0 Å². The van der Waals surface area contributed by atoms with Crippen LogP contribution in [0, 0.1) is 11.3 Å². The van der Waals surface area contributed by atoms with Crippen LogP contribution in [0.15, 0.2) is 59.4 Å². The molecule has 0 radical (unpaired) electrons. The number of carbonyl (C=O) groups excluding carboxylic acids is 2. The van der Waals surface area contributed by atoms with E-state index >= 15 is 0 Å². The zero-order chi connectivity index (χ0) is 25.6. The molecular formula is C30H34N4O3. The maximum absolute atomic E-state index is 13.4. The van der Waals surface area contributed by atoms with Gasteiger partial charge in [0.25, 0.3) is 11.5 Å². The summed E-state index contributed by atoms with van der Waals surface area (Å²) >= 11 is 0. The van der Waals surface area contributed by atoms with E-state index in [1.54, 1.807) is 25.2 Å². The maximum atomic E-state index is 13.4. The lowest BCUT2D eigenvalue weighted by atomic mass is 9.78. The van der Waals surface area contributed by atoms with Crippen molar-refractivity contribution in [2.45, 2.75) is 50.4 Å². The second-order valence-corrected chi connectivity index (χ2v) is 11.3. The van der Waals surface area contributed by atoms with Crippen molar-refractivity contribution in [1.82, 2.24) is 20.0 Å². The van der Waals surface area contributed by atoms with Crippen LogP contribution in [-0.2, 0) is 17.3 Å². The lowest BCUT2D eigenvalue weighted by Gasteiger charge is -2.33. The van der Waals surface area contributed by atoms with E-state index in [1.165, 1.54) is 23.1 Å². The highest BCUT2D eigenvalue weighted by atomic mass is 16.2. The third-order valence-corrected chi connectivity index (χ3v) is 9.26. The Bertz CT molecular complexity index is 1400. The van der Waals surface area contributed by atoms with Gasteiger partial charge in [-0.25, -0.2) is 4.68 Å². The summed E-state index contributed by atoms with van der Waals surface area (Å²) in [6, 6.07) is 17.8. The van der Waals surface area contributed by atoms with Crippen molar-refractivity contribution in [2.75, 3.05) is 19.6 Å². The molecule has 2 amide bonds. The number of aryl methyl sites for hydroxylation is 1. The SMILES string of the molecule is Cn1nc(C(=O)N2CCC3(CC2)C[C@@H]3C(=O)NCC2(c3ccccc3)CCCC2)c2ccccc2c1=O. The number of rotatable bonds is 5. The molecule has 2 aromatic carbocycles. The highest BCUT2D eigenvalue weighted by Gasteiger charge is 2.59. The highest BCUT2D eigenvalue weighted by Crippen LogP contribution is 2.59. The first-order valence-electron chi connectivity index (χ1n) is 13.5. The third-order valence-electron chi connectivity index (χ3n) is 9.26. The lowest BCUT2D eigenvalue weighted by molar-refractivity contribution is -0.123. The Kier molecular flexibility index (Phi) is 5.89. The molecule has 2 heterocycles. The first-order chi connectivity index (χ1) is 17.9. The second kappa shape index (κ2) is 9.12. The molecule has 0 unspecified atom stereocenters. The summed E-state index contributed by atoms with van der Waals surface area (Å²) in [4.78, 5) is 40.9. The van der Waals surface area contributed by atoms with Gasteiger partial charge in [-0.2, -0.15) is 5.10 Å². The van der Waals surface area contributed by atoms with Crippen molar-refractivity contribution in [3.05, 3.63) is 76.2 Å². The number of aromatic nitrogens is 2. The fourth-order valence-electron chi connectivity index (χ4n) is 6.82. The van der Waals surface area contributed by atoms with Gasteiger partial charge in [0, 0.05) is 43.4 Å². The molecule has 2 aliphatic carbocycles. The van der Waals surface area contributed by atoms with Crippen LogP contribution >= 0.6 is 0 Å². The van der Waals surface area contributed by atoms with E-state index in [-0.39, 0.29) is 34.1 Å². The van der Waals surface area contributed by atoms with Crippen LogP contribution in [0.4, 0.5) is 0 Å². The largest absolute Gasteiger partial charge is 0.355 e. The van der Waals surface area contributed by atoms with E-state index in [9.17, 15) is 14.4 Å². The zero-order valence-electron chi connectivity index (χ0n) is 21.4. The van der Waals surface area contributed by atoms with Crippen LogP contribution in [0.1, 0.15) is 61.0 Å². The average Bonchev–Trinajstić information content (AvgIpc) is 3.41. The van der Waals surface area contributed by atoms with Crippen LogP contribution in [0.25, 0.3) is 10.8 Å². The van der Waals surface area contributed by atoms with Crippen molar-refractivity contribution >= 4 is 22.6 Å². The predicted molar refractivity (Wildman–Crippen MR) is 142 cm³/mol. The average molecular weight is 499 g/mol. The molecule has 1 N–H and O–H groups in total. The number of nitrogens with one attached hydrogen (secondary N) is 1. The standard InChI is InChI=1S/C30H34N4O3/c1-33-27(36)23-12-6-5-11-22(23)25(32-33)28(37)34-17-15-29(16-18-34)19-24(29)26(35)31-20-30(13-7-8-14-30)21-9-3-2-4-10-21/h2-6,9-12,24H,7-8,13-20H2,1H3,(H,31,35)/t24-/m1/s1. The minimum absolute atomic E-state index is 0.00941. The van der Waals surface area contributed by atoms with E-state index in [0.29, 0.717) is 36.1 Å².